The number of nitrogens with two attached hydrogens (primary N) is 2. The van der Waals surface area contributed by atoms with Crippen LogP contribution in [0.4, 0.5) is 17.5 Å². The average Bonchev–Trinajstić information content (AvgIpc) is 2.64. The number of ether oxygens (including phenoxy) is 1. The number of nitrogens with one attached hydrogen (secondary N) is 2. The van der Waals surface area contributed by atoms with Crippen molar-refractivity contribution in [3.05, 3.63) is 41.6 Å². The number of primary amides is 1. The fraction of sp³-hybridized carbons (Fsp3) is 0.429. The molecule has 1 heterocycles. The fourth-order valence-corrected chi connectivity index (χ4v) is 2.96. The van der Waals surface area contributed by atoms with E-state index < -0.39 is 17.4 Å². The Bertz CT molecular complexity index is 923. The number of nitrogens with zero attached hydrogens (tertiary/aromatic N) is 2. The predicted molar refractivity (Wildman–Crippen MR) is 114 cm³/mol. The smallest absolute Gasteiger partial charge is 0.330 e. The van der Waals surface area contributed by atoms with Crippen molar-refractivity contribution < 1.29 is 14.3 Å². The van der Waals surface area contributed by atoms with E-state index in [1.165, 1.54) is 6.20 Å². The minimum absolute atomic E-state index is 0.246. The van der Waals surface area contributed by atoms with Crippen LogP contribution in [0, 0.1) is 0 Å². The number of carbonyl (C=O) groups is 2. The molecule has 9 nitrogen and oxygen atoms in total. The molecule has 1 aromatic heterocycles. The largest absolute Gasteiger partial charge is 0.461 e. The molecule has 0 bridgehead atoms. The van der Waals surface area contributed by atoms with Gasteiger partial charge in [0.1, 0.15) is 11.4 Å². The van der Waals surface area contributed by atoms with Crippen molar-refractivity contribution in [3.8, 4) is 0 Å². The Hall–Kier alpha value is -3.20. The van der Waals surface area contributed by atoms with E-state index >= 15 is 0 Å². The lowest BCUT2D eigenvalue weighted by atomic mass is 9.93. The van der Waals surface area contributed by atoms with Crippen LogP contribution in [0.3, 0.4) is 0 Å². The highest BCUT2D eigenvalue weighted by molar-refractivity contribution is 5.97. The van der Waals surface area contributed by atoms with Crippen molar-refractivity contribution in [2.45, 2.75) is 57.7 Å². The van der Waals surface area contributed by atoms with E-state index in [0.29, 0.717) is 23.0 Å². The molecule has 0 aliphatic heterocycles. The van der Waals surface area contributed by atoms with Crippen molar-refractivity contribution in [2.75, 3.05) is 10.6 Å². The van der Waals surface area contributed by atoms with Gasteiger partial charge in [-0.05, 0) is 57.7 Å². The number of amides is 1. The molecule has 2 aromatic rings. The molecule has 6 N–H and O–H groups in total. The molecule has 9 heteroatoms. The molecule has 1 aliphatic rings. The summed E-state index contributed by atoms with van der Waals surface area (Å²) < 4.78 is 5.24. The van der Waals surface area contributed by atoms with Crippen LogP contribution in [-0.4, -0.2) is 34.0 Å². The van der Waals surface area contributed by atoms with E-state index in [4.69, 9.17) is 16.2 Å². The van der Waals surface area contributed by atoms with Crippen molar-refractivity contribution in [1.29, 1.82) is 0 Å². The van der Waals surface area contributed by atoms with E-state index in [-0.39, 0.29) is 17.7 Å². The Morgan fingerprint density at radius 3 is 2.43 bits per heavy atom. The molecular formula is C21H28N6O3. The topological polar surface area (TPSA) is 145 Å². The van der Waals surface area contributed by atoms with Crippen LogP contribution in [0.1, 0.15) is 56.0 Å². The Kier molecular flexibility index (Phi) is 6.21. The predicted octanol–water partition coefficient (Wildman–Crippen LogP) is 2.41. The second kappa shape index (κ2) is 8.66. The minimum atomic E-state index is -1.26. The minimum Gasteiger partial charge on any atom is -0.461 e. The molecule has 30 heavy (non-hydrogen) atoms. The molecule has 1 fully saturated rings. The van der Waals surface area contributed by atoms with Crippen LogP contribution in [0.15, 0.2) is 30.5 Å². The summed E-state index contributed by atoms with van der Waals surface area (Å²) in [6.07, 6.45) is 4.38. The Morgan fingerprint density at radius 2 is 1.90 bits per heavy atom. The molecule has 1 saturated carbocycles. The monoisotopic (exact) mass is 412 g/mol. The van der Waals surface area contributed by atoms with Gasteiger partial charge in [0.25, 0.3) is 5.91 Å². The maximum absolute atomic E-state index is 12.3. The number of anilines is 3. The molecular weight excluding hydrogens is 384 g/mol. The highest BCUT2D eigenvalue weighted by atomic mass is 16.5. The summed E-state index contributed by atoms with van der Waals surface area (Å²) in [5.74, 6) is -0.324. The second-order valence-corrected chi connectivity index (χ2v) is 7.95. The SMILES string of the molecule is CC(C)OC(=O)C(C)(N)c1ccc(Nc2ncc(C(N)=O)c(NC3CCC3)n2)cc1. The maximum atomic E-state index is 12.3. The first-order valence-electron chi connectivity index (χ1n) is 9.97. The third-order valence-electron chi connectivity index (χ3n) is 5.01. The Labute approximate surface area is 175 Å². The van der Waals surface area contributed by atoms with E-state index in [0.717, 1.165) is 19.3 Å². The first-order chi connectivity index (χ1) is 14.2. The van der Waals surface area contributed by atoms with Gasteiger partial charge in [-0.15, -0.1) is 0 Å². The third kappa shape index (κ3) is 4.85. The summed E-state index contributed by atoms with van der Waals surface area (Å²) in [5.41, 5.74) is 11.9. The van der Waals surface area contributed by atoms with Crippen LogP contribution >= 0.6 is 0 Å². The van der Waals surface area contributed by atoms with Crippen molar-refractivity contribution in [2.24, 2.45) is 11.5 Å². The molecule has 0 spiro atoms. The van der Waals surface area contributed by atoms with Crippen LogP contribution in [-0.2, 0) is 15.1 Å². The number of rotatable bonds is 8. The van der Waals surface area contributed by atoms with E-state index in [1.54, 1.807) is 45.0 Å². The zero-order valence-electron chi connectivity index (χ0n) is 17.4. The number of esters is 1. The maximum Gasteiger partial charge on any atom is 0.330 e. The van der Waals surface area contributed by atoms with Crippen molar-refractivity contribution in [1.82, 2.24) is 9.97 Å². The van der Waals surface area contributed by atoms with Gasteiger partial charge in [0.05, 0.1) is 11.7 Å². The number of hydrogen-bond donors (Lipinski definition) is 4. The van der Waals surface area contributed by atoms with E-state index in [2.05, 4.69) is 20.6 Å². The molecule has 1 atom stereocenters. The summed E-state index contributed by atoms with van der Waals surface area (Å²) in [6, 6.07) is 7.32. The second-order valence-electron chi connectivity index (χ2n) is 7.95. The first kappa shape index (κ1) is 21.5. The number of benzene rings is 1. The summed E-state index contributed by atoms with van der Waals surface area (Å²) in [4.78, 5) is 32.5. The molecule has 0 saturated heterocycles. The summed E-state index contributed by atoms with van der Waals surface area (Å²) in [5, 5.41) is 6.34. The summed E-state index contributed by atoms with van der Waals surface area (Å²) >= 11 is 0. The van der Waals surface area contributed by atoms with Crippen LogP contribution in [0.5, 0.6) is 0 Å². The summed E-state index contributed by atoms with van der Waals surface area (Å²) in [6.45, 7) is 5.17. The Morgan fingerprint density at radius 1 is 1.23 bits per heavy atom. The molecule has 1 aromatic carbocycles. The highest BCUT2D eigenvalue weighted by Gasteiger charge is 2.33. The fourth-order valence-electron chi connectivity index (χ4n) is 2.96. The molecule has 1 amide bonds. The van der Waals surface area contributed by atoms with E-state index in [1.807, 2.05) is 0 Å². The van der Waals surface area contributed by atoms with Crippen molar-refractivity contribution >= 4 is 29.3 Å². The first-order valence-corrected chi connectivity index (χ1v) is 9.97. The molecule has 160 valence electrons. The van der Waals surface area contributed by atoms with Gasteiger partial charge in [-0.2, -0.15) is 4.98 Å². The standard InChI is InChI=1S/C21H28N6O3/c1-12(2)30-19(29)21(3,23)13-7-9-15(10-8-13)26-20-24-11-16(17(22)28)18(27-20)25-14-5-4-6-14/h7-12,14H,4-6,23H2,1-3H3,(H2,22,28)(H2,24,25,26,27). The summed E-state index contributed by atoms with van der Waals surface area (Å²) in [7, 11) is 0. The number of carbonyl (C=O) groups excluding carboxylic acids is 2. The number of hydrogen-bond acceptors (Lipinski definition) is 8. The normalized spacial score (nSPS) is 15.8. The lowest BCUT2D eigenvalue weighted by molar-refractivity contribution is -0.153. The molecule has 0 radical (unpaired) electrons. The third-order valence-corrected chi connectivity index (χ3v) is 5.01. The van der Waals surface area contributed by atoms with Crippen LogP contribution in [0.2, 0.25) is 0 Å². The molecule has 1 unspecified atom stereocenters. The lowest BCUT2D eigenvalue weighted by Crippen LogP contribution is -2.44. The van der Waals surface area contributed by atoms with Gasteiger partial charge in [-0.1, -0.05) is 12.1 Å². The highest BCUT2D eigenvalue weighted by Crippen LogP contribution is 2.26. The van der Waals surface area contributed by atoms with Gasteiger partial charge in [0, 0.05) is 17.9 Å². The van der Waals surface area contributed by atoms with Gasteiger partial charge >= 0.3 is 5.97 Å². The van der Waals surface area contributed by atoms with Crippen molar-refractivity contribution in [3.63, 3.8) is 0 Å². The number of aromatic nitrogens is 2. The van der Waals surface area contributed by atoms with Gasteiger partial charge in [-0.25, -0.2) is 9.78 Å². The lowest BCUT2D eigenvalue weighted by Gasteiger charge is -2.27. The Balaban J connectivity index is 1.75. The zero-order valence-corrected chi connectivity index (χ0v) is 17.4. The zero-order chi connectivity index (χ0) is 21.9. The average molecular weight is 412 g/mol. The van der Waals surface area contributed by atoms with Crippen LogP contribution < -0.4 is 22.1 Å². The van der Waals surface area contributed by atoms with Crippen LogP contribution in [0.25, 0.3) is 0 Å². The van der Waals surface area contributed by atoms with Gasteiger partial charge in [0.2, 0.25) is 5.95 Å². The van der Waals surface area contributed by atoms with Gasteiger partial charge in [-0.3, -0.25) is 4.79 Å². The molecule has 3 rings (SSSR count). The van der Waals surface area contributed by atoms with Gasteiger partial charge < -0.3 is 26.8 Å². The van der Waals surface area contributed by atoms with Gasteiger partial charge in [0.15, 0.2) is 0 Å². The molecule has 1 aliphatic carbocycles. The van der Waals surface area contributed by atoms with E-state index in [9.17, 15) is 9.59 Å². The quantitative estimate of drug-likeness (QED) is 0.484.